The molecule has 1 atom stereocenters. The van der Waals surface area contributed by atoms with Crippen LogP contribution in [0.3, 0.4) is 0 Å². The van der Waals surface area contributed by atoms with Crippen molar-refractivity contribution in [3.05, 3.63) is 67.4 Å². The molecule has 0 bridgehead atoms. The van der Waals surface area contributed by atoms with Crippen molar-refractivity contribution in [3.8, 4) is 0 Å². The minimum atomic E-state index is -0.0295. The van der Waals surface area contributed by atoms with E-state index in [0.717, 1.165) is 36.2 Å². The molecule has 0 aliphatic carbocycles. The Balaban J connectivity index is 1.42. The van der Waals surface area contributed by atoms with Gasteiger partial charge in [-0.2, -0.15) is 0 Å². The number of aromatic nitrogens is 2. The van der Waals surface area contributed by atoms with Gasteiger partial charge < -0.3 is 9.32 Å². The number of fused-ring (bicyclic) bond motifs is 2. The van der Waals surface area contributed by atoms with Crippen LogP contribution in [0.5, 0.6) is 0 Å². The van der Waals surface area contributed by atoms with Crippen molar-refractivity contribution in [2.75, 3.05) is 18.0 Å². The molecule has 0 radical (unpaired) electrons. The summed E-state index contributed by atoms with van der Waals surface area (Å²) >= 11 is 0. The number of hydrogen-bond donors (Lipinski definition) is 1. The van der Waals surface area contributed by atoms with Crippen LogP contribution in [-0.2, 0) is 19.5 Å². The predicted octanol–water partition coefficient (Wildman–Crippen LogP) is 3.12. The van der Waals surface area contributed by atoms with Crippen LogP contribution in [0, 0.1) is 6.92 Å². The molecule has 0 spiro atoms. The van der Waals surface area contributed by atoms with Gasteiger partial charge in [0.15, 0.2) is 5.43 Å². The second-order valence-corrected chi connectivity index (χ2v) is 8.90. The Bertz CT molecular complexity index is 1250. The van der Waals surface area contributed by atoms with Gasteiger partial charge in [-0.05, 0) is 51.7 Å². The highest BCUT2D eigenvalue weighted by Gasteiger charge is 2.26. The zero-order valence-electron chi connectivity index (χ0n) is 18.1. The smallest absolute Gasteiger partial charge is 0.255 e. The Kier molecular flexibility index (Phi) is 5.14. The molecule has 0 amide bonds. The largest absolute Gasteiger partial charge is 0.464 e. The first kappa shape index (κ1) is 20.0. The minimum Gasteiger partial charge on any atom is -0.464 e. The Morgan fingerprint density at radius 2 is 2.10 bits per heavy atom. The standard InChI is InChI=1S/C24H28N4O3/c1-15-6-7-21-19(11-15)22(29)17(14-31-21)12-27-10-8-18-20(13-27)25-24(26-23(18)30)28-9-4-3-5-16(28)2/h6-7,11,14,16H,3-5,8-10,12-13H2,1-2H3,(H,25,26,30)/t16-/m1/s1. The van der Waals surface area contributed by atoms with E-state index in [9.17, 15) is 9.59 Å². The number of aromatic amines is 1. The first-order chi connectivity index (χ1) is 15.0. The number of nitrogens with zero attached hydrogens (tertiary/aromatic N) is 3. The van der Waals surface area contributed by atoms with Gasteiger partial charge >= 0.3 is 0 Å². The second-order valence-electron chi connectivity index (χ2n) is 8.90. The number of rotatable bonds is 3. The maximum absolute atomic E-state index is 13.0. The fraction of sp³-hybridized carbons (Fsp3) is 0.458. The summed E-state index contributed by atoms with van der Waals surface area (Å²) in [7, 11) is 0. The topological polar surface area (TPSA) is 82.4 Å². The van der Waals surface area contributed by atoms with E-state index in [1.807, 2.05) is 25.1 Å². The number of H-pyrrole nitrogens is 1. The van der Waals surface area contributed by atoms with E-state index >= 15 is 0 Å². The lowest BCUT2D eigenvalue weighted by molar-refractivity contribution is 0.238. The predicted molar refractivity (Wildman–Crippen MR) is 121 cm³/mol. The number of hydrogen-bond acceptors (Lipinski definition) is 6. The van der Waals surface area contributed by atoms with E-state index in [1.54, 1.807) is 6.26 Å². The fourth-order valence-electron chi connectivity index (χ4n) is 4.80. The molecule has 1 aromatic carbocycles. The van der Waals surface area contributed by atoms with Gasteiger partial charge in [-0.15, -0.1) is 0 Å². The Morgan fingerprint density at radius 1 is 1.23 bits per heavy atom. The number of nitrogens with one attached hydrogen (secondary N) is 1. The zero-order chi connectivity index (χ0) is 21.5. The zero-order valence-corrected chi connectivity index (χ0v) is 18.1. The number of benzene rings is 1. The highest BCUT2D eigenvalue weighted by atomic mass is 16.3. The first-order valence-electron chi connectivity index (χ1n) is 11.1. The number of piperidine rings is 1. The van der Waals surface area contributed by atoms with Crippen molar-refractivity contribution in [2.45, 2.75) is 58.7 Å². The van der Waals surface area contributed by atoms with Crippen LogP contribution in [0.4, 0.5) is 5.95 Å². The Hall–Kier alpha value is -2.93. The molecule has 5 rings (SSSR count). The molecular weight excluding hydrogens is 392 g/mol. The monoisotopic (exact) mass is 420 g/mol. The summed E-state index contributed by atoms with van der Waals surface area (Å²) in [5.74, 6) is 0.679. The van der Waals surface area contributed by atoms with Crippen LogP contribution in [0.1, 0.15) is 48.6 Å². The second kappa shape index (κ2) is 7.96. The van der Waals surface area contributed by atoms with Gasteiger partial charge in [0.25, 0.3) is 5.56 Å². The molecule has 0 saturated carbocycles. The van der Waals surface area contributed by atoms with E-state index in [4.69, 9.17) is 9.40 Å². The van der Waals surface area contributed by atoms with Gasteiger partial charge in [-0.1, -0.05) is 11.6 Å². The van der Waals surface area contributed by atoms with Crippen molar-refractivity contribution < 1.29 is 4.42 Å². The normalized spacial score (nSPS) is 19.5. The number of anilines is 1. The molecule has 1 N–H and O–H groups in total. The molecular formula is C24H28N4O3. The van der Waals surface area contributed by atoms with Gasteiger partial charge in [0, 0.05) is 43.3 Å². The van der Waals surface area contributed by atoms with E-state index < -0.39 is 0 Å². The van der Waals surface area contributed by atoms with Gasteiger partial charge in [0.05, 0.1) is 17.3 Å². The van der Waals surface area contributed by atoms with Crippen molar-refractivity contribution in [1.29, 1.82) is 0 Å². The molecule has 3 aromatic rings. The van der Waals surface area contributed by atoms with Crippen LogP contribution in [0.2, 0.25) is 0 Å². The summed E-state index contributed by atoms with van der Waals surface area (Å²) in [5.41, 5.74) is 3.85. The molecule has 2 aliphatic rings. The molecule has 1 saturated heterocycles. The summed E-state index contributed by atoms with van der Waals surface area (Å²) in [5, 5.41) is 0.617. The summed E-state index contributed by atoms with van der Waals surface area (Å²) in [6, 6.07) is 6.03. The molecule has 2 aliphatic heterocycles. The average molecular weight is 421 g/mol. The first-order valence-corrected chi connectivity index (χ1v) is 11.1. The van der Waals surface area contributed by atoms with Crippen LogP contribution < -0.4 is 15.9 Å². The summed E-state index contributed by atoms with van der Waals surface area (Å²) in [4.78, 5) is 38.0. The third-order valence-corrected chi connectivity index (χ3v) is 6.61. The highest BCUT2D eigenvalue weighted by molar-refractivity contribution is 5.77. The molecule has 4 heterocycles. The van der Waals surface area contributed by atoms with Gasteiger partial charge in [-0.3, -0.25) is 19.5 Å². The molecule has 7 nitrogen and oxygen atoms in total. The van der Waals surface area contributed by atoms with Crippen molar-refractivity contribution in [1.82, 2.24) is 14.9 Å². The average Bonchev–Trinajstić information content (AvgIpc) is 2.76. The molecule has 7 heteroatoms. The SMILES string of the molecule is Cc1ccc2occ(CN3CCc4c(nc(N5CCCC[C@H]5C)[nH]c4=O)C3)c(=O)c2c1. The maximum Gasteiger partial charge on any atom is 0.255 e. The molecule has 2 aromatic heterocycles. The lowest BCUT2D eigenvalue weighted by Crippen LogP contribution is -2.41. The Morgan fingerprint density at radius 3 is 2.94 bits per heavy atom. The molecule has 162 valence electrons. The molecule has 31 heavy (non-hydrogen) atoms. The van der Waals surface area contributed by atoms with Crippen LogP contribution in [-0.4, -0.2) is 34.0 Å². The maximum atomic E-state index is 13.0. The summed E-state index contributed by atoms with van der Waals surface area (Å²) < 4.78 is 5.72. The van der Waals surface area contributed by atoms with E-state index in [0.29, 0.717) is 54.6 Å². The van der Waals surface area contributed by atoms with Crippen LogP contribution in [0.25, 0.3) is 11.0 Å². The Labute approximate surface area is 180 Å². The van der Waals surface area contributed by atoms with Crippen molar-refractivity contribution >= 4 is 16.9 Å². The van der Waals surface area contributed by atoms with E-state index in [-0.39, 0.29) is 11.0 Å². The van der Waals surface area contributed by atoms with Gasteiger partial charge in [0.1, 0.15) is 5.58 Å². The van der Waals surface area contributed by atoms with Gasteiger partial charge in [-0.25, -0.2) is 4.98 Å². The molecule has 1 fully saturated rings. The summed E-state index contributed by atoms with van der Waals surface area (Å²) in [6.07, 6.45) is 5.65. The third-order valence-electron chi connectivity index (χ3n) is 6.61. The van der Waals surface area contributed by atoms with Crippen molar-refractivity contribution in [2.24, 2.45) is 0 Å². The summed E-state index contributed by atoms with van der Waals surface area (Å²) in [6.45, 7) is 6.82. The fourth-order valence-corrected chi connectivity index (χ4v) is 4.80. The van der Waals surface area contributed by atoms with E-state index in [2.05, 4.69) is 21.7 Å². The minimum absolute atomic E-state index is 0.0115. The number of aryl methyl sites for hydroxylation is 1. The van der Waals surface area contributed by atoms with Crippen LogP contribution >= 0.6 is 0 Å². The van der Waals surface area contributed by atoms with Gasteiger partial charge in [0.2, 0.25) is 5.95 Å². The lowest BCUT2D eigenvalue weighted by Gasteiger charge is -2.35. The highest BCUT2D eigenvalue weighted by Crippen LogP contribution is 2.23. The van der Waals surface area contributed by atoms with E-state index in [1.165, 1.54) is 6.42 Å². The molecule has 0 unspecified atom stereocenters. The lowest BCUT2D eigenvalue weighted by atomic mass is 10.0. The van der Waals surface area contributed by atoms with Crippen molar-refractivity contribution in [3.63, 3.8) is 0 Å². The third kappa shape index (κ3) is 3.78. The quantitative estimate of drug-likeness (QED) is 0.701. The van der Waals surface area contributed by atoms with Crippen LogP contribution in [0.15, 0.2) is 38.5 Å².